The maximum atomic E-state index is 13.2. The number of carbonyl (C=O) groups is 1. The standard InChI is InChI=1S/C24H23ClN4O4S/c1-13(2)8-9-29-22(31)17-7-5-15(25)11-19(17)27-24(29)34-12-20-26-18-10-14(23(32)33-3)4-6-16(18)21(30)28-20/h4-7,10-11,13H,8-9,12H2,1-3H3,(H,26,28,30). The Labute approximate surface area is 204 Å². The number of benzene rings is 2. The molecule has 0 saturated carbocycles. The van der Waals surface area contributed by atoms with Gasteiger partial charge in [-0.2, -0.15) is 0 Å². The van der Waals surface area contributed by atoms with E-state index in [2.05, 4.69) is 28.8 Å². The summed E-state index contributed by atoms with van der Waals surface area (Å²) in [7, 11) is 1.29. The van der Waals surface area contributed by atoms with Gasteiger partial charge in [0.2, 0.25) is 0 Å². The molecular formula is C24H23ClN4O4S. The summed E-state index contributed by atoms with van der Waals surface area (Å²) in [6.07, 6.45) is 0.815. The minimum absolute atomic E-state index is 0.132. The Morgan fingerprint density at radius 1 is 1.12 bits per heavy atom. The van der Waals surface area contributed by atoms with Crippen LogP contribution < -0.4 is 11.1 Å². The molecule has 0 fully saturated rings. The van der Waals surface area contributed by atoms with Crippen LogP contribution in [0.1, 0.15) is 36.5 Å². The third kappa shape index (κ3) is 5.00. The highest BCUT2D eigenvalue weighted by Gasteiger charge is 2.15. The zero-order valence-electron chi connectivity index (χ0n) is 18.9. The molecule has 1 N–H and O–H groups in total. The molecule has 0 radical (unpaired) electrons. The molecule has 0 bridgehead atoms. The Morgan fingerprint density at radius 2 is 1.85 bits per heavy atom. The zero-order valence-corrected chi connectivity index (χ0v) is 20.5. The van der Waals surface area contributed by atoms with Crippen molar-refractivity contribution >= 4 is 51.1 Å². The Kier molecular flexibility index (Phi) is 7.04. The van der Waals surface area contributed by atoms with Crippen molar-refractivity contribution < 1.29 is 9.53 Å². The molecule has 0 atom stereocenters. The summed E-state index contributed by atoms with van der Waals surface area (Å²) in [6.45, 7) is 4.71. The van der Waals surface area contributed by atoms with Crippen LogP contribution in [0.15, 0.2) is 51.1 Å². The number of rotatable bonds is 7. The molecule has 0 aliphatic heterocycles. The number of aromatic nitrogens is 4. The number of aromatic amines is 1. The third-order valence-corrected chi connectivity index (χ3v) is 6.55. The van der Waals surface area contributed by atoms with Crippen molar-refractivity contribution in [3.8, 4) is 0 Å². The molecule has 4 rings (SSSR count). The van der Waals surface area contributed by atoms with Crippen molar-refractivity contribution in [2.45, 2.75) is 37.7 Å². The molecule has 34 heavy (non-hydrogen) atoms. The van der Waals surface area contributed by atoms with E-state index in [0.717, 1.165) is 6.42 Å². The smallest absolute Gasteiger partial charge is 0.337 e. The minimum atomic E-state index is -0.506. The van der Waals surface area contributed by atoms with Crippen molar-refractivity contribution in [2.24, 2.45) is 5.92 Å². The predicted molar refractivity (Wildman–Crippen MR) is 134 cm³/mol. The Morgan fingerprint density at radius 3 is 2.59 bits per heavy atom. The molecule has 8 nitrogen and oxygen atoms in total. The van der Waals surface area contributed by atoms with Gasteiger partial charge in [0, 0.05) is 11.6 Å². The van der Waals surface area contributed by atoms with E-state index in [-0.39, 0.29) is 16.9 Å². The van der Waals surface area contributed by atoms with Gasteiger partial charge in [-0.25, -0.2) is 14.8 Å². The molecule has 176 valence electrons. The summed E-state index contributed by atoms with van der Waals surface area (Å²) in [5, 5.41) is 1.89. The van der Waals surface area contributed by atoms with E-state index in [1.54, 1.807) is 28.8 Å². The van der Waals surface area contributed by atoms with Gasteiger partial charge in [-0.05, 0) is 48.7 Å². The van der Waals surface area contributed by atoms with Crippen LogP contribution in [0.4, 0.5) is 0 Å². The lowest BCUT2D eigenvalue weighted by Gasteiger charge is -2.14. The highest BCUT2D eigenvalue weighted by Crippen LogP contribution is 2.24. The molecule has 10 heteroatoms. The molecule has 0 amide bonds. The number of esters is 1. The van der Waals surface area contributed by atoms with Crippen LogP contribution in [-0.4, -0.2) is 32.6 Å². The lowest BCUT2D eigenvalue weighted by molar-refractivity contribution is 0.0601. The van der Waals surface area contributed by atoms with Gasteiger partial charge in [-0.15, -0.1) is 0 Å². The summed E-state index contributed by atoms with van der Waals surface area (Å²) in [5.74, 6) is 0.579. The molecule has 0 unspecified atom stereocenters. The first-order valence-electron chi connectivity index (χ1n) is 10.7. The van der Waals surface area contributed by atoms with E-state index in [0.29, 0.717) is 55.8 Å². The van der Waals surface area contributed by atoms with Gasteiger partial charge in [0.15, 0.2) is 5.16 Å². The van der Waals surface area contributed by atoms with Crippen LogP contribution in [-0.2, 0) is 17.0 Å². The second-order valence-corrected chi connectivity index (χ2v) is 9.60. The maximum absolute atomic E-state index is 13.2. The second kappa shape index (κ2) is 9.99. The number of hydrogen-bond acceptors (Lipinski definition) is 7. The molecule has 0 aliphatic rings. The highest BCUT2D eigenvalue weighted by molar-refractivity contribution is 7.98. The zero-order chi connectivity index (χ0) is 24.4. The van der Waals surface area contributed by atoms with Crippen LogP contribution >= 0.6 is 23.4 Å². The van der Waals surface area contributed by atoms with Crippen molar-refractivity contribution in [1.29, 1.82) is 0 Å². The topological polar surface area (TPSA) is 107 Å². The normalized spacial score (nSPS) is 11.4. The van der Waals surface area contributed by atoms with E-state index in [9.17, 15) is 14.4 Å². The fraction of sp³-hybridized carbons (Fsp3) is 0.292. The molecule has 0 spiro atoms. The van der Waals surface area contributed by atoms with Gasteiger partial charge in [-0.1, -0.05) is 37.2 Å². The number of thioether (sulfide) groups is 1. The summed E-state index contributed by atoms with van der Waals surface area (Å²) >= 11 is 7.42. The van der Waals surface area contributed by atoms with E-state index >= 15 is 0 Å². The van der Waals surface area contributed by atoms with Gasteiger partial charge >= 0.3 is 5.97 Å². The molecule has 2 aromatic heterocycles. The van der Waals surface area contributed by atoms with Crippen molar-refractivity contribution in [3.63, 3.8) is 0 Å². The van der Waals surface area contributed by atoms with Crippen LogP contribution in [0.5, 0.6) is 0 Å². The first kappa shape index (κ1) is 24.0. The Balaban J connectivity index is 1.72. The van der Waals surface area contributed by atoms with Crippen LogP contribution in [0.25, 0.3) is 21.8 Å². The molecule has 4 aromatic rings. The number of methoxy groups -OCH3 is 1. The summed E-state index contributed by atoms with van der Waals surface area (Å²) in [4.78, 5) is 49.6. The van der Waals surface area contributed by atoms with E-state index < -0.39 is 5.97 Å². The fourth-order valence-electron chi connectivity index (χ4n) is 3.50. The number of halogens is 1. The SMILES string of the molecule is COC(=O)c1ccc2c(=O)[nH]c(CSc3nc4cc(Cl)ccc4c(=O)n3CCC(C)C)nc2c1. The molecule has 0 saturated heterocycles. The van der Waals surface area contributed by atoms with Gasteiger partial charge in [0.05, 0.1) is 40.2 Å². The average Bonchev–Trinajstić information content (AvgIpc) is 2.81. The first-order chi connectivity index (χ1) is 16.3. The lowest BCUT2D eigenvalue weighted by Crippen LogP contribution is -2.24. The van der Waals surface area contributed by atoms with Crippen LogP contribution in [0.3, 0.4) is 0 Å². The quantitative estimate of drug-likeness (QED) is 0.228. The number of hydrogen-bond donors (Lipinski definition) is 1. The Hall–Kier alpha value is -3.17. The molecular weight excluding hydrogens is 476 g/mol. The summed E-state index contributed by atoms with van der Waals surface area (Å²) < 4.78 is 6.41. The molecule has 0 aliphatic carbocycles. The largest absolute Gasteiger partial charge is 0.465 e. The fourth-order valence-corrected chi connectivity index (χ4v) is 4.56. The third-order valence-electron chi connectivity index (χ3n) is 5.33. The summed E-state index contributed by atoms with van der Waals surface area (Å²) in [5.41, 5.74) is 0.767. The number of fused-ring (bicyclic) bond motifs is 2. The molecule has 2 heterocycles. The first-order valence-corrected chi connectivity index (χ1v) is 12.1. The number of carbonyl (C=O) groups excluding carboxylic acids is 1. The molecule has 2 aromatic carbocycles. The van der Waals surface area contributed by atoms with E-state index in [1.807, 2.05) is 0 Å². The van der Waals surface area contributed by atoms with Gasteiger partial charge in [-0.3, -0.25) is 14.2 Å². The van der Waals surface area contributed by atoms with Crippen molar-refractivity contribution in [2.75, 3.05) is 7.11 Å². The monoisotopic (exact) mass is 498 g/mol. The number of nitrogens with one attached hydrogen (secondary N) is 1. The van der Waals surface area contributed by atoms with Gasteiger partial charge < -0.3 is 9.72 Å². The van der Waals surface area contributed by atoms with Gasteiger partial charge in [0.25, 0.3) is 11.1 Å². The van der Waals surface area contributed by atoms with Crippen molar-refractivity contribution in [3.05, 3.63) is 73.5 Å². The average molecular weight is 499 g/mol. The minimum Gasteiger partial charge on any atom is -0.465 e. The summed E-state index contributed by atoms with van der Waals surface area (Å²) in [6, 6.07) is 9.63. The van der Waals surface area contributed by atoms with Gasteiger partial charge in [0.1, 0.15) is 5.82 Å². The maximum Gasteiger partial charge on any atom is 0.337 e. The predicted octanol–water partition coefficient (Wildman–Crippen LogP) is 4.41. The highest BCUT2D eigenvalue weighted by atomic mass is 35.5. The van der Waals surface area contributed by atoms with Crippen LogP contribution in [0, 0.1) is 5.92 Å². The number of ether oxygens (including phenoxy) is 1. The second-order valence-electron chi connectivity index (χ2n) is 8.22. The number of H-pyrrole nitrogens is 1. The number of nitrogens with zero attached hydrogens (tertiary/aromatic N) is 3. The lowest BCUT2D eigenvalue weighted by atomic mass is 10.1. The van der Waals surface area contributed by atoms with Crippen LogP contribution in [0.2, 0.25) is 5.02 Å². The van der Waals surface area contributed by atoms with Crippen molar-refractivity contribution in [1.82, 2.24) is 19.5 Å². The Bertz CT molecular complexity index is 1510. The van der Waals surface area contributed by atoms with E-state index in [4.69, 9.17) is 16.3 Å². The van der Waals surface area contributed by atoms with E-state index in [1.165, 1.54) is 31.0 Å².